The highest BCUT2D eigenvalue weighted by molar-refractivity contribution is 7.88. The molecule has 0 spiro atoms. The third-order valence-electron chi connectivity index (χ3n) is 4.90. The number of hydrogen-bond donors (Lipinski definition) is 2. The van der Waals surface area contributed by atoms with Gasteiger partial charge in [0.05, 0.1) is 17.3 Å². The molecule has 3 rings (SSSR count). The van der Waals surface area contributed by atoms with Crippen LogP contribution in [-0.4, -0.2) is 53.1 Å². The molecule has 0 bridgehead atoms. The van der Waals surface area contributed by atoms with Crippen LogP contribution in [-0.2, 0) is 21.2 Å². The topological polar surface area (TPSA) is 103 Å². The lowest BCUT2D eigenvalue weighted by Crippen LogP contribution is -2.44. The zero-order chi connectivity index (χ0) is 18.2. The summed E-state index contributed by atoms with van der Waals surface area (Å²) < 4.78 is 25.2. The Hall–Kier alpha value is -1.93. The minimum Gasteiger partial charge on any atom is -0.481 e. The van der Waals surface area contributed by atoms with E-state index in [9.17, 15) is 13.2 Å². The van der Waals surface area contributed by atoms with E-state index in [1.54, 1.807) is 0 Å². The average molecular weight is 365 g/mol. The molecule has 1 aliphatic heterocycles. The third kappa shape index (κ3) is 4.19. The molecule has 2 atom stereocenters. The Bertz CT molecular complexity index is 890. The van der Waals surface area contributed by atoms with E-state index in [0.29, 0.717) is 25.9 Å². The van der Waals surface area contributed by atoms with Crippen LogP contribution in [0.1, 0.15) is 24.2 Å². The molecule has 0 aliphatic carbocycles. The van der Waals surface area contributed by atoms with Gasteiger partial charge in [-0.1, -0.05) is 6.07 Å². The van der Waals surface area contributed by atoms with Crippen LogP contribution in [0, 0.1) is 18.8 Å². The van der Waals surface area contributed by atoms with E-state index in [-0.39, 0.29) is 18.3 Å². The number of rotatable bonds is 5. The predicted molar refractivity (Wildman–Crippen MR) is 94.8 cm³/mol. The van der Waals surface area contributed by atoms with Crippen LogP contribution in [0.2, 0.25) is 0 Å². The fourth-order valence-corrected chi connectivity index (χ4v) is 4.49. The second kappa shape index (κ2) is 6.76. The molecule has 2 aromatic rings. The molecule has 136 valence electrons. The number of aryl methyl sites for hydroxylation is 1. The number of benzene rings is 1. The second-order valence-electron chi connectivity index (χ2n) is 6.94. The molecule has 25 heavy (non-hydrogen) atoms. The number of carbonyl (C=O) groups is 1. The number of nitrogens with zero attached hydrogens (tertiary/aromatic N) is 2. The molecule has 1 aliphatic rings. The Balaban J connectivity index is 1.84. The van der Waals surface area contributed by atoms with Gasteiger partial charge in [0.1, 0.15) is 5.82 Å². The standard InChI is InChI=1S/C17H23N3O4S/c1-11-3-4-14-15(7-11)19-16(18-14)8-13-10-20(25(2,23)24)6-5-12(13)9-17(21)22/h3-4,7,12-13H,5-6,8-10H2,1-2H3,(H,18,19)(H,21,22). The van der Waals surface area contributed by atoms with Gasteiger partial charge in [-0.25, -0.2) is 17.7 Å². The number of aromatic amines is 1. The van der Waals surface area contributed by atoms with Crippen LogP contribution < -0.4 is 0 Å². The first-order chi connectivity index (χ1) is 11.7. The first kappa shape index (κ1) is 17.9. The fourth-order valence-electron chi connectivity index (χ4n) is 3.59. The maximum atomic E-state index is 11.9. The lowest BCUT2D eigenvalue weighted by molar-refractivity contribution is -0.138. The van der Waals surface area contributed by atoms with Gasteiger partial charge in [0.15, 0.2) is 0 Å². The number of sulfonamides is 1. The van der Waals surface area contributed by atoms with E-state index in [0.717, 1.165) is 22.4 Å². The normalized spacial score (nSPS) is 22.3. The first-order valence-electron chi connectivity index (χ1n) is 8.34. The second-order valence-corrected chi connectivity index (χ2v) is 8.92. The van der Waals surface area contributed by atoms with Crippen molar-refractivity contribution in [1.82, 2.24) is 14.3 Å². The Morgan fingerprint density at radius 3 is 2.84 bits per heavy atom. The van der Waals surface area contributed by atoms with Crippen molar-refractivity contribution in [3.63, 3.8) is 0 Å². The predicted octanol–water partition coefficient (Wildman–Crippen LogP) is 1.79. The number of piperidine rings is 1. The molecule has 2 heterocycles. The summed E-state index contributed by atoms with van der Waals surface area (Å²) in [6.07, 6.45) is 2.36. The number of imidazole rings is 1. The van der Waals surface area contributed by atoms with Gasteiger partial charge in [-0.3, -0.25) is 4.79 Å². The van der Waals surface area contributed by atoms with E-state index >= 15 is 0 Å². The maximum Gasteiger partial charge on any atom is 0.303 e. The van der Waals surface area contributed by atoms with Crippen molar-refractivity contribution in [2.24, 2.45) is 11.8 Å². The summed E-state index contributed by atoms with van der Waals surface area (Å²) in [5.41, 5.74) is 2.94. The van der Waals surface area contributed by atoms with E-state index in [1.165, 1.54) is 10.6 Å². The third-order valence-corrected chi connectivity index (χ3v) is 6.17. The average Bonchev–Trinajstić information content (AvgIpc) is 2.88. The number of nitrogens with one attached hydrogen (secondary N) is 1. The van der Waals surface area contributed by atoms with Crippen LogP contribution in [0.4, 0.5) is 0 Å². The molecular formula is C17H23N3O4S. The molecular weight excluding hydrogens is 342 g/mol. The van der Waals surface area contributed by atoms with Crippen LogP contribution >= 0.6 is 0 Å². The molecule has 1 saturated heterocycles. The first-order valence-corrected chi connectivity index (χ1v) is 10.2. The summed E-state index contributed by atoms with van der Waals surface area (Å²) in [6.45, 7) is 2.73. The largest absolute Gasteiger partial charge is 0.481 e. The smallest absolute Gasteiger partial charge is 0.303 e. The van der Waals surface area contributed by atoms with Gasteiger partial charge in [0.2, 0.25) is 10.0 Å². The van der Waals surface area contributed by atoms with Gasteiger partial charge in [-0.15, -0.1) is 0 Å². The Labute approximate surface area is 147 Å². The molecule has 0 amide bonds. The number of carboxylic acids is 1. The fraction of sp³-hybridized carbons (Fsp3) is 0.529. The van der Waals surface area contributed by atoms with Crippen molar-refractivity contribution in [2.75, 3.05) is 19.3 Å². The minimum absolute atomic E-state index is 0.0505. The lowest BCUT2D eigenvalue weighted by atomic mass is 9.82. The van der Waals surface area contributed by atoms with Gasteiger partial charge >= 0.3 is 5.97 Å². The van der Waals surface area contributed by atoms with Crippen molar-refractivity contribution in [3.05, 3.63) is 29.6 Å². The zero-order valence-electron chi connectivity index (χ0n) is 14.4. The van der Waals surface area contributed by atoms with Crippen LogP contribution in [0.5, 0.6) is 0 Å². The Morgan fingerprint density at radius 1 is 1.40 bits per heavy atom. The molecule has 0 saturated carbocycles. The van der Waals surface area contributed by atoms with Crippen molar-refractivity contribution >= 4 is 27.0 Å². The summed E-state index contributed by atoms with van der Waals surface area (Å²) in [5, 5.41) is 9.16. The molecule has 1 aromatic heterocycles. The van der Waals surface area contributed by atoms with E-state index in [2.05, 4.69) is 9.97 Å². The molecule has 1 aromatic carbocycles. The van der Waals surface area contributed by atoms with Crippen molar-refractivity contribution < 1.29 is 18.3 Å². The molecule has 7 nitrogen and oxygen atoms in total. The molecule has 0 radical (unpaired) electrons. The van der Waals surface area contributed by atoms with E-state index < -0.39 is 16.0 Å². The van der Waals surface area contributed by atoms with Crippen molar-refractivity contribution in [2.45, 2.75) is 26.2 Å². The van der Waals surface area contributed by atoms with Gasteiger partial charge < -0.3 is 10.1 Å². The number of aliphatic carboxylic acids is 1. The highest BCUT2D eigenvalue weighted by Gasteiger charge is 2.34. The maximum absolute atomic E-state index is 11.9. The zero-order valence-corrected chi connectivity index (χ0v) is 15.2. The Morgan fingerprint density at radius 2 is 2.16 bits per heavy atom. The summed E-state index contributed by atoms with van der Waals surface area (Å²) in [7, 11) is -3.28. The van der Waals surface area contributed by atoms with E-state index in [1.807, 2.05) is 25.1 Å². The lowest BCUT2D eigenvalue weighted by Gasteiger charge is -2.36. The molecule has 2 N–H and O–H groups in total. The van der Waals surface area contributed by atoms with Crippen molar-refractivity contribution in [3.8, 4) is 0 Å². The van der Waals surface area contributed by atoms with Gasteiger partial charge in [-0.05, 0) is 42.9 Å². The number of carboxylic acid groups (broad SMARTS) is 1. The quantitative estimate of drug-likeness (QED) is 0.841. The van der Waals surface area contributed by atoms with Gasteiger partial charge in [-0.2, -0.15) is 0 Å². The molecule has 8 heteroatoms. The van der Waals surface area contributed by atoms with E-state index in [4.69, 9.17) is 5.11 Å². The monoisotopic (exact) mass is 365 g/mol. The summed E-state index contributed by atoms with van der Waals surface area (Å²) >= 11 is 0. The summed E-state index contributed by atoms with van der Waals surface area (Å²) in [5.74, 6) is -0.189. The summed E-state index contributed by atoms with van der Waals surface area (Å²) in [4.78, 5) is 19.0. The Kier molecular flexibility index (Phi) is 4.83. The molecule has 1 fully saturated rings. The highest BCUT2D eigenvalue weighted by atomic mass is 32.2. The van der Waals surface area contributed by atoms with Crippen LogP contribution in [0.25, 0.3) is 11.0 Å². The van der Waals surface area contributed by atoms with Crippen LogP contribution in [0.3, 0.4) is 0 Å². The number of fused-ring (bicyclic) bond motifs is 1. The number of aromatic nitrogens is 2. The van der Waals surface area contributed by atoms with Gasteiger partial charge in [0, 0.05) is 25.9 Å². The van der Waals surface area contributed by atoms with Crippen LogP contribution in [0.15, 0.2) is 18.2 Å². The minimum atomic E-state index is -3.28. The highest BCUT2D eigenvalue weighted by Crippen LogP contribution is 2.30. The summed E-state index contributed by atoms with van der Waals surface area (Å²) in [6, 6.07) is 5.96. The molecule has 2 unspecified atom stereocenters. The van der Waals surface area contributed by atoms with Crippen molar-refractivity contribution in [1.29, 1.82) is 0 Å². The van der Waals surface area contributed by atoms with Gasteiger partial charge in [0.25, 0.3) is 0 Å². The number of hydrogen-bond acceptors (Lipinski definition) is 4. The number of H-pyrrole nitrogens is 1. The SMILES string of the molecule is Cc1ccc2nc(CC3CN(S(C)(=O)=O)CCC3CC(=O)O)[nH]c2c1.